The van der Waals surface area contributed by atoms with Crippen LogP contribution >= 0.6 is 23.2 Å². The topological polar surface area (TPSA) is 46.2 Å². The highest BCUT2D eigenvalue weighted by Gasteiger charge is 2.17. The van der Waals surface area contributed by atoms with Crippen LogP contribution in [0.25, 0.3) is 0 Å². The zero-order valence-corrected chi connectivity index (χ0v) is 11.8. The Kier molecular flexibility index (Phi) is 5.73. The first kappa shape index (κ1) is 14.8. The van der Waals surface area contributed by atoms with Crippen LogP contribution in [0.3, 0.4) is 0 Å². The molecule has 1 rings (SSSR count). The molecule has 3 nitrogen and oxygen atoms in total. The second-order valence-corrected chi connectivity index (χ2v) is 6.33. The molecular formula is C11H15Cl2NO2S. The Labute approximate surface area is 112 Å². The minimum absolute atomic E-state index is 0.0708. The first-order valence-corrected chi connectivity index (χ1v) is 7.86. The van der Waals surface area contributed by atoms with Crippen molar-refractivity contribution in [3.8, 4) is 0 Å². The van der Waals surface area contributed by atoms with Gasteiger partial charge in [0.1, 0.15) is 0 Å². The predicted octanol–water partition coefficient (Wildman–Crippen LogP) is 2.95. The molecule has 0 aliphatic carbocycles. The van der Waals surface area contributed by atoms with Crippen LogP contribution in [0, 0.1) is 0 Å². The molecule has 0 radical (unpaired) electrons. The molecule has 1 atom stereocenters. The lowest BCUT2D eigenvalue weighted by Crippen LogP contribution is -2.30. The molecule has 0 heterocycles. The summed E-state index contributed by atoms with van der Waals surface area (Å²) in [6, 6.07) is 6.89. The van der Waals surface area contributed by atoms with Crippen LogP contribution in [-0.4, -0.2) is 20.1 Å². The molecule has 0 saturated carbocycles. The van der Waals surface area contributed by atoms with Crippen LogP contribution in [0.4, 0.5) is 0 Å². The number of sulfonamides is 1. The van der Waals surface area contributed by atoms with Crippen LogP contribution in [-0.2, 0) is 10.0 Å². The van der Waals surface area contributed by atoms with E-state index in [1.165, 1.54) is 0 Å². The van der Waals surface area contributed by atoms with Gasteiger partial charge in [-0.3, -0.25) is 0 Å². The minimum Gasteiger partial charge on any atom is -0.212 e. The molecule has 17 heavy (non-hydrogen) atoms. The van der Waals surface area contributed by atoms with E-state index < -0.39 is 10.0 Å². The van der Waals surface area contributed by atoms with E-state index in [1.54, 1.807) is 12.1 Å². The van der Waals surface area contributed by atoms with E-state index in [1.807, 2.05) is 19.1 Å². The summed E-state index contributed by atoms with van der Waals surface area (Å²) in [6.07, 6.45) is 0.670. The Balaban J connectivity index is 2.82. The summed E-state index contributed by atoms with van der Waals surface area (Å²) in [5.41, 5.74) is 0.898. The van der Waals surface area contributed by atoms with E-state index in [2.05, 4.69) is 4.72 Å². The fourth-order valence-electron chi connectivity index (χ4n) is 1.46. The lowest BCUT2D eigenvalue weighted by atomic mass is 10.1. The van der Waals surface area contributed by atoms with Crippen molar-refractivity contribution in [2.75, 3.05) is 11.6 Å². The molecule has 1 unspecified atom stereocenters. The quantitative estimate of drug-likeness (QED) is 0.820. The number of nitrogens with one attached hydrogen (secondary N) is 1. The third-order valence-corrected chi connectivity index (χ3v) is 4.40. The molecule has 1 aromatic carbocycles. The predicted molar refractivity (Wildman–Crippen MR) is 72.1 cm³/mol. The summed E-state index contributed by atoms with van der Waals surface area (Å²) >= 11 is 11.2. The summed E-state index contributed by atoms with van der Waals surface area (Å²) < 4.78 is 25.9. The zero-order valence-electron chi connectivity index (χ0n) is 9.49. The van der Waals surface area contributed by atoms with Crippen LogP contribution < -0.4 is 4.72 Å². The maximum absolute atomic E-state index is 11.6. The lowest BCUT2D eigenvalue weighted by molar-refractivity contribution is 0.551. The van der Waals surface area contributed by atoms with Crippen LogP contribution in [0.2, 0.25) is 5.02 Å². The van der Waals surface area contributed by atoms with Gasteiger partial charge in [0.25, 0.3) is 0 Å². The summed E-state index contributed by atoms with van der Waals surface area (Å²) in [4.78, 5) is 0. The Hall–Kier alpha value is -0.290. The van der Waals surface area contributed by atoms with Gasteiger partial charge in [-0.2, -0.15) is 0 Å². The van der Waals surface area contributed by atoms with Gasteiger partial charge in [-0.25, -0.2) is 13.1 Å². The zero-order chi connectivity index (χ0) is 12.9. The fraction of sp³-hybridized carbons (Fsp3) is 0.455. The van der Waals surface area contributed by atoms with Crippen LogP contribution in [0.1, 0.15) is 24.9 Å². The number of benzene rings is 1. The maximum atomic E-state index is 11.6. The first-order chi connectivity index (χ1) is 7.98. The second-order valence-electron chi connectivity index (χ2n) is 3.64. The molecule has 0 amide bonds. The monoisotopic (exact) mass is 295 g/mol. The summed E-state index contributed by atoms with van der Waals surface area (Å²) in [7, 11) is -3.32. The summed E-state index contributed by atoms with van der Waals surface area (Å²) in [6.45, 7) is 1.92. The van der Waals surface area contributed by atoms with E-state index in [4.69, 9.17) is 23.2 Å². The van der Waals surface area contributed by atoms with Gasteiger partial charge in [-0.05, 0) is 24.1 Å². The van der Waals surface area contributed by atoms with Crippen molar-refractivity contribution in [1.82, 2.24) is 4.72 Å². The standard InChI is InChI=1S/C11H15Cl2NO2S/c1-2-11(14-17(15,16)8-7-12)9-3-5-10(13)6-4-9/h3-6,11,14H,2,7-8H2,1H3. The molecule has 1 N–H and O–H groups in total. The smallest absolute Gasteiger partial charge is 0.212 e. The Morgan fingerprint density at radius 3 is 2.35 bits per heavy atom. The van der Waals surface area contributed by atoms with Crippen molar-refractivity contribution >= 4 is 33.2 Å². The van der Waals surface area contributed by atoms with Gasteiger partial charge in [0, 0.05) is 16.9 Å². The van der Waals surface area contributed by atoms with Gasteiger partial charge < -0.3 is 0 Å². The van der Waals surface area contributed by atoms with Gasteiger partial charge in [-0.1, -0.05) is 30.7 Å². The molecule has 0 fully saturated rings. The van der Waals surface area contributed by atoms with E-state index in [0.29, 0.717) is 11.4 Å². The Morgan fingerprint density at radius 1 is 1.29 bits per heavy atom. The molecule has 0 aliphatic rings. The molecule has 96 valence electrons. The van der Waals surface area contributed by atoms with Gasteiger partial charge >= 0.3 is 0 Å². The molecular weight excluding hydrogens is 281 g/mol. The normalized spacial score (nSPS) is 13.6. The number of hydrogen-bond donors (Lipinski definition) is 1. The molecule has 1 aromatic rings. The van der Waals surface area contributed by atoms with Crippen molar-refractivity contribution in [3.05, 3.63) is 34.9 Å². The molecule has 6 heteroatoms. The average Bonchev–Trinajstić information content (AvgIpc) is 2.27. The Bertz CT molecular complexity index is 445. The van der Waals surface area contributed by atoms with Crippen molar-refractivity contribution < 1.29 is 8.42 Å². The number of halogens is 2. The van der Waals surface area contributed by atoms with E-state index >= 15 is 0 Å². The van der Waals surface area contributed by atoms with E-state index in [-0.39, 0.29) is 17.7 Å². The highest BCUT2D eigenvalue weighted by molar-refractivity contribution is 7.89. The van der Waals surface area contributed by atoms with Gasteiger partial charge in [0.15, 0.2) is 0 Å². The number of rotatable bonds is 6. The first-order valence-electron chi connectivity index (χ1n) is 5.30. The van der Waals surface area contributed by atoms with Crippen molar-refractivity contribution in [1.29, 1.82) is 0 Å². The minimum atomic E-state index is -3.32. The van der Waals surface area contributed by atoms with Crippen molar-refractivity contribution in [3.63, 3.8) is 0 Å². The summed E-state index contributed by atoms with van der Waals surface area (Å²) in [5.74, 6) is 0.0189. The summed E-state index contributed by atoms with van der Waals surface area (Å²) in [5, 5.41) is 0.632. The van der Waals surface area contributed by atoms with Crippen LogP contribution in [0.15, 0.2) is 24.3 Å². The maximum Gasteiger partial charge on any atom is 0.213 e. The SMILES string of the molecule is CCC(NS(=O)(=O)CCCl)c1ccc(Cl)cc1. The largest absolute Gasteiger partial charge is 0.213 e. The highest BCUT2D eigenvalue weighted by Crippen LogP contribution is 2.20. The molecule has 0 spiro atoms. The third-order valence-electron chi connectivity index (χ3n) is 2.35. The van der Waals surface area contributed by atoms with Gasteiger partial charge in [-0.15, -0.1) is 11.6 Å². The average molecular weight is 296 g/mol. The molecule has 0 saturated heterocycles. The molecule has 0 bridgehead atoms. The van der Waals surface area contributed by atoms with Gasteiger partial charge in [0.05, 0.1) is 5.75 Å². The third kappa shape index (κ3) is 4.84. The van der Waals surface area contributed by atoms with Crippen molar-refractivity contribution in [2.24, 2.45) is 0 Å². The van der Waals surface area contributed by atoms with Crippen LogP contribution in [0.5, 0.6) is 0 Å². The lowest BCUT2D eigenvalue weighted by Gasteiger charge is -2.17. The Morgan fingerprint density at radius 2 is 1.88 bits per heavy atom. The highest BCUT2D eigenvalue weighted by atomic mass is 35.5. The molecule has 0 aromatic heterocycles. The molecule has 0 aliphatic heterocycles. The van der Waals surface area contributed by atoms with E-state index in [9.17, 15) is 8.42 Å². The second kappa shape index (κ2) is 6.59. The van der Waals surface area contributed by atoms with Crippen molar-refractivity contribution in [2.45, 2.75) is 19.4 Å². The number of alkyl halides is 1. The van der Waals surface area contributed by atoms with E-state index in [0.717, 1.165) is 5.56 Å². The van der Waals surface area contributed by atoms with Gasteiger partial charge in [0.2, 0.25) is 10.0 Å². The fourth-order valence-corrected chi connectivity index (χ4v) is 3.25. The number of hydrogen-bond acceptors (Lipinski definition) is 2.